The average Bonchev–Trinajstić information content (AvgIpc) is 3.05. The summed E-state index contributed by atoms with van der Waals surface area (Å²) in [6.45, 7) is 3.84. The number of ether oxygens (including phenoxy) is 2. The van der Waals surface area contributed by atoms with Gasteiger partial charge in [0.1, 0.15) is 11.9 Å². The molecule has 1 aliphatic carbocycles. The predicted octanol–water partition coefficient (Wildman–Crippen LogP) is 5.31. The van der Waals surface area contributed by atoms with Crippen LogP contribution in [0.3, 0.4) is 0 Å². The van der Waals surface area contributed by atoms with Crippen molar-refractivity contribution in [2.45, 2.75) is 64.4 Å². The monoisotopic (exact) mass is 376 g/mol. The summed E-state index contributed by atoms with van der Waals surface area (Å²) < 4.78 is 11.6. The standard InChI is InChI=1S/C22H36N2O3/c1-4-5-6-7-10-16-26-21-14-9-8-13-19(21)23-22(25)27-20-15-11-12-18(20)17-24(2)3/h8-9,13-14,18,20H,4-7,10-12,15-17H2,1-3H3,(H,23,25)/t18-,20-/m0/s1. The van der Waals surface area contributed by atoms with Crippen LogP contribution in [-0.2, 0) is 4.74 Å². The minimum atomic E-state index is -0.385. The number of nitrogens with zero attached hydrogens (tertiary/aromatic N) is 1. The lowest BCUT2D eigenvalue weighted by molar-refractivity contribution is 0.0780. The molecule has 0 aromatic heterocycles. The predicted molar refractivity (Wildman–Crippen MR) is 110 cm³/mol. The number of para-hydroxylation sites is 2. The van der Waals surface area contributed by atoms with Gasteiger partial charge in [-0.1, -0.05) is 44.7 Å². The molecule has 0 bridgehead atoms. The lowest BCUT2D eigenvalue weighted by atomic mass is 10.1. The van der Waals surface area contributed by atoms with Crippen molar-refractivity contribution in [3.8, 4) is 5.75 Å². The van der Waals surface area contributed by atoms with E-state index in [1.807, 2.05) is 24.3 Å². The molecule has 0 aliphatic heterocycles. The molecule has 0 spiro atoms. The molecule has 1 N–H and O–H groups in total. The van der Waals surface area contributed by atoms with E-state index in [1.54, 1.807) is 0 Å². The lowest BCUT2D eigenvalue weighted by Crippen LogP contribution is -2.31. The first-order valence-electron chi connectivity index (χ1n) is 10.4. The average molecular weight is 377 g/mol. The number of amides is 1. The van der Waals surface area contributed by atoms with E-state index < -0.39 is 0 Å². The molecule has 0 radical (unpaired) electrons. The highest BCUT2D eigenvalue weighted by Gasteiger charge is 2.30. The number of carbonyl (C=O) groups excluding carboxylic acids is 1. The third-order valence-electron chi connectivity index (χ3n) is 5.08. The van der Waals surface area contributed by atoms with Crippen molar-refractivity contribution in [2.24, 2.45) is 5.92 Å². The number of hydrogen-bond acceptors (Lipinski definition) is 4. The number of hydrogen-bond donors (Lipinski definition) is 1. The summed E-state index contributed by atoms with van der Waals surface area (Å²) in [6.07, 6.45) is 8.79. The Labute approximate surface area is 164 Å². The molecule has 5 nitrogen and oxygen atoms in total. The number of carbonyl (C=O) groups is 1. The molecule has 0 unspecified atom stereocenters. The van der Waals surface area contributed by atoms with Crippen LogP contribution < -0.4 is 10.1 Å². The molecule has 27 heavy (non-hydrogen) atoms. The van der Waals surface area contributed by atoms with Crippen molar-refractivity contribution in [1.82, 2.24) is 4.90 Å². The summed E-state index contributed by atoms with van der Waals surface area (Å²) in [5, 5.41) is 2.87. The van der Waals surface area contributed by atoms with Crippen LogP contribution in [0, 0.1) is 5.92 Å². The SMILES string of the molecule is CCCCCCCOc1ccccc1NC(=O)O[C@H]1CCC[C@H]1CN(C)C. The van der Waals surface area contributed by atoms with E-state index in [4.69, 9.17) is 9.47 Å². The van der Waals surface area contributed by atoms with Crippen molar-refractivity contribution in [1.29, 1.82) is 0 Å². The van der Waals surface area contributed by atoms with Crippen molar-refractivity contribution >= 4 is 11.8 Å². The molecule has 0 saturated heterocycles. The normalized spacial score (nSPS) is 19.3. The van der Waals surface area contributed by atoms with Gasteiger partial charge in [0.25, 0.3) is 0 Å². The van der Waals surface area contributed by atoms with Crippen LogP contribution in [0.4, 0.5) is 10.5 Å². The molecule has 0 heterocycles. The van der Waals surface area contributed by atoms with Gasteiger partial charge in [-0.3, -0.25) is 5.32 Å². The zero-order valence-electron chi connectivity index (χ0n) is 17.2. The molecular weight excluding hydrogens is 340 g/mol. The molecule has 1 aromatic rings. The maximum Gasteiger partial charge on any atom is 0.412 e. The van der Waals surface area contributed by atoms with E-state index >= 15 is 0 Å². The Balaban J connectivity index is 1.81. The first-order chi connectivity index (χ1) is 13.1. The van der Waals surface area contributed by atoms with Gasteiger partial charge in [-0.25, -0.2) is 4.79 Å². The van der Waals surface area contributed by atoms with Crippen LogP contribution in [-0.4, -0.2) is 44.3 Å². The Hall–Kier alpha value is -1.75. The van der Waals surface area contributed by atoms with Crippen LogP contribution >= 0.6 is 0 Å². The van der Waals surface area contributed by atoms with Gasteiger partial charge < -0.3 is 14.4 Å². The van der Waals surface area contributed by atoms with Crippen LogP contribution in [0.2, 0.25) is 0 Å². The number of nitrogens with one attached hydrogen (secondary N) is 1. The van der Waals surface area contributed by atoms with Crippen molar-refractivity contribution in [3.63, 3.8) is 0 Å². The van der Waals surface area contributed by atoms with E-state index in [0.29, 0.717) is 24.0 Å². The van der Waals surface area contributed by atoms with E-state index in [2.05, 4.69) is 31.2 Å². The molecule has 2 atom stereocenters. The summed E-state index contributed by atoms with van der Waals surface area (Å²) >= 11 is 0. The van der Waals surface area contributed by atoms with Crippen molar-refractivity contribution < 1.29 is 14.3 Å². The molecule has 1 aromatic carbocycles. The highest BCUT2D eigenvalue weighted by atomic mass is 16.6. The quantitative estimate of drug-likeness (QED) is 0.531. The Bertz CT molecular complexity index is 562. The number of anilines is 1. The Morgan fingerprint density at radius 1 is 1.15 bits per heavy atom. The minimum Gasteiger partial charge on any atom is -0.491 e. The fourth-order valence-electron chi connectivity index (χ4n) is 3.70. The highest BCUT2D eigenvalue weighted by Crippen LogP contribution is 2.30. The lowest BCUT2D eigenvalue weighted by Gasteiger charge is -2.23. The van der Waals surface area contributed by atoms with Crippen LogP contribution in [0.1, 0.15) is 58.3 Å². The molecule has 5 heteroatoms. The Morgan fingerprint density at radius 3 is 2.70 bits per heavy atom. The Kier molecular flexibility index (Phi) is 9.46. The van der Waals surface area contributed by atoms with Gasteiger partial charge in [-0.05, 0) is 51.9 Å². The molecule has 152 valence electrons. The fraction of sp³-hybridized carbons (Fsp3) is 0.682. The molecule has 1 saturated carbocycles. The molecular formula is C22H36N2O3. The maximum absolute atomic E-state index is 12.4. The number of rotatable bonds is 11. The van der Waals surface area contributed by atoms with Crippen LogP contribution in [0.15, 0.2) is 24.3 Å². The zero-order valence-corrected chi connectivity index (χ0v) is 17.2. The zero-order chi connectivity index (χ0) is 19.5. The van der Waals surface area contributed by atoms with Gasteiger partial charge in [0.15, 0.2) is 0 Å². The van der Waals surface area contributed by atoms with Gasteiger partial charge in [0, 0.05) is 12.5 Å². The van der Waals surface area contributed by atoms with E-state index in [0.717, 1.165) is 32.2 Å². The van der Waals surface area contributed by atoms with Crippen LogP contribution in [0.25, 0.3) is 0 Å². The molecule has 1 aliphatic rings. The Morgan fingerprint density at radius 2 is 1.93 bits per heavy atom. The molecule has 1 fully saturated rings. The maximum atomic E-state index is 12.4. The minimum absolute atomic E-state index is 0.000883. The van der Waals surface area contributed by atoms with Gasteiger partial charge in [0.05, 0.1) is 12.3 Å². The van der Waals surface area contributed by atoms with Crippen LogP contribution in [0.5, 0.6) is 5.75 Å². The van der Waals surface area contributed by atoms with Gasteiger partial charge in [-0.2, -0.15) is 0 Å². The van der Waals surface area contributed by atoms with E-state index in [1.165, 1.54) is 25.7 Å². The van der Waals surface area contributed by atoms with Crippen molar-refractivity contribution in [3.05, 3.63) is 24.3 Å². The summed E-state index contributed by atoms with van der Waals surface area (Å²) in [6, 6.07) is 7.58. The topological polar surface area (TPSA) is 50.8 Å². The smallest absolute Gasteiger partial charge is 0.412 e. The second-order valence-corrected chi connectivity index (χ2v) is 7.78. The third kappa shape index (κ3) is 7.79. The van der Waals surface area contributed by atoms with E-state index in [-0.39, 0.29) is 12.2 Å². The third-order valence-corrected chi connectivity index (χ3v) is 5.08. The summed E-state index contributed by atoms with van der Waals surface area (Å²) in [4.78, 5) is 14.6. The second kappa shape index (κ2) is 11.9. The molecule has 1 amide bonds. The second-order valence-electron chi connectivity index (χ2n) is 7.78. The highest BCUT2D eigenvalue weighted by molar-refractivity contribution is 5.86. The first-order valence-corrected chi connectivity index (χ1v) is 10.4. The summed E-state index contributed by atoms with van der Waals surface area (Å²) in [5.41, 5.74) is 0.679. The van der Waals surface area contributed by atoms with Gasteiger partial charge in [-0.15, -0.1) is 0 Å². The van der Waals surface area contributed by atoms with Gasteiger partial charge >= 0.3 is 6.09 Å². The number of benzene rings is 1. The summed E-state index contributed by atoms with van der Waals surface area (Å²) in [7, 11) is 4.12. The summed E-state index contributed by atoms with van der Waals surface area (Å²) in [5.74, 6) is 1.13. The van der Waals surface area contributed by atoms with Gasteiger partial charge in [0.2, 0.25) is 0 Å². The first kappa shape index (κ1) is 21.5. The molecule has 2 rings (SSSR count). The van der Waals surface area contributed by atoms with Crippen molar-refractivity contribution in [2.75, 3.05) is 32.6 Å². The largest absolute Gasteiger partial charge is 0.491 e. The fourth-order valence-corrected chi connectivity index (χ4v) is 3.70. The number of unbranched alkanes of at least 4 members (excludes halogenated alkanes) is 4. The van der Waals surface area contributed by atoms with E-state index in [9.17, 15) is 4.79 Å².